The van der Waals surface area contributed by atoms with E-state index in [0.717, 1.165) is 25.7 Å². The number of aliphatic hydroxyl groups is 2. The van der Waals surface area contributed by atoms with Crippen LogP contribution in [0.3, 0.4) is 0 Å². The van der Waals surface area contributed by atoms with E-state index in [1.807, 2.05) is 0 Å². The summed E-state index contributed by atoms with van der Waals surface area (Å²) in [5, 5.41) is 21.3. The molecular formula is C30H50O3. The van der Waals surface area contributed by atoms with Crippen LogP contribution in [0.25, 0.3) is 0 Å². The van der Waals surface area contributed by atoms with Crippen LogP contribution < -0.4 is 0 Å². The first-order valence-corrected chi connectivity index (χ1v) is 14.0. The molecule has 11 atom stereocenters. The maximum Gasteiger partial charge on any atom is 0.136 e. The van der Waals surface area contributed by atoms with Crippen LogP contribution in [0, 0.1) is 56.2 Å². The van der Waals surface area contributed by atoms with Gasteiger partial charge in [-0.3, -0.25) is 4.79 Å². The van der Waals surface area contributed by atoms with Gasteiger partial charge in [0.05, 0.1) is 12.7 Å². The quantitative estimate of drug-likeness (QED) is 0.478. The zero-order valence-electron chi connectivity index (χ0n) is 22.5. The lowest BCUT2D eigenvalue weighted by Crippen LogP contribution is -2.68. The molecule has 188 valence electrons. The second-order valence-corrected chi connectivity index (χ2v) is 15.2. The molecule has 3 heteroatoms. The minimum atomic E-state index is -0.401. The lowest BCUT2D eigenvalue weighted by molar-refractivity contribution is -0.267. The summed E-state index contributed by atoms with van der Waals surface area (Å²) in [5.74, 6) is 2.62. The Morgan fingerprint density at radius 1 is 0.788 bits per heavy atom. The van der Waals surface area contributed by atoms with E-state index in [1.165, 1.54) is 38.5 Å². The van der Waals surface area contributed by atoms with Gasteiger partial charge in [0.25, 0.3) is 0 Å². The summed E-state index contributed by atoms with van der Waals surface area (Å²) in [6, 6.07) is 0. The Hall–Kier alpha value is -0.410. The van der Waals surface area contributed by atoms with E-state index < -0.39 is 6.10 Å². The van der Waals surface area contributed by atoms with Crippen LogP contribution in [-0.2, 0) is 4.79 Å². The first-order chi connectivity index (χ1) is 15.2. The van der Waals surface area contributed by atoms with Crippen molar-refractivity contribution < 1.29 is 15.0 Å². The van der Waals surface area contributed by atoms with Crippen molar-refractivity contribution in [3.8, 4) is 0 Å². The third-order valence-electron chi connectivity index (χ3n) is 14.1. The molecule has 0 heterocycles. The lowest BCUT2D eigenvalue weighted by Gasteiger charge is -2.75. The highest BCUT2D eigenvalue weighted by Crippen LogP contribution is 2.78. The van der Waals surface area contributed by atoms with E-state index in [1.54, 1.807) is 0 Å². The molecule has 0 spiro atoms. The maximum atomic E-state index is 12.7. The number of carbonyl (C=O) groups excluding carboxylic acids is 1. The molecule has 0 aromatic carbocycles. The predicted molar refractivity (Wildman–Crippen MR) is 133 cm³/mol. The average Bonchev–Trinajstić information content (AvgIpc) is 2.75. The predicted octanol–water partition coefficient (Wildman–Crippen LogP) is 6.40. The van der Waals surface area contributed by atoms with E-state index in [9.17, 15) is 15.0 Å². The van der Waals surface area contributed by atoms with E-state index in [4.69, 9.17) is 0 Å². The van der Waals surface area contributed by atoms with Crippen molar-refractivity contribution >= 4 is 5.78 Å². The lowest BCUT2D eigenvalue weighted by atomic mass is 9.30. The van der Waals surface area contributed by atoms with Crippen molar-refractivity contribution in [1.29, 1.82) is 0 Å². The van der Waals surface area contributed by atoms with Gasteiger partial charge in [0, 0.05) is 17.8 Å². The zero-order valence-corrected chi connectivity index (χ0v) is 22.5. The Bertz CT molecular complexity index is 838. The average molecular weight is 459 g/mol. The van der Waals surface area contributed by atoms with Crippen molar-refractivity contribution in [3.63, 3.8) is 0 Å². The molecular weight excluding hydrogens is 408 g/mol. The summed E-state index contributed by atoms with van der Waals surface area (Å²) in [7, 11) is 0. The fraction of sp³-hybridized carbons (Fsp3) is 0.967. The summed E-state index contributed by atoms with van der Waals surface area (Å²) >= 11 is 0. The summed E-state index contributed by atoms with van der Waals surface area (Å²) in [5.41, 5.74) is 0.803. The van der Waals surface area contributed by atoms with E-state index in [0.29, 0.717) is 29.0 Å². The fourth-order valence-corrected chi connectivity index (χ4v) is 11.3. The van der Waals surface area contributed by atoms with Gasteiger partial charge in [0.1, 0.15) is 5.78 Å². The summed E-state index contributed by atoms with van der Waals surface area (Å²) in [4.78, 5) is 12.7. The number of Topliss-reactive ketones (excluding diaryl/α,β-unsaturated/α-hetero) is 1. The molecule has 5 rings (SSSR count). The van der Waals surface area contributed by atoms with Crippen LogP contribution >= 0.6 is 0 Å². The smallest absolute Gasteiger partial charge is 0.136 e. The van der Waals surface area contributed by atoms with Gasteiger partial charge in [0.15, 0.2) is 0 Å². The molecule has 0 aliphatic heterocycles. The summed E-state index contributed by atoms with van der Waals surface area (Å²) < 4.78 is 0. The van der Waals surface area contributed by atoms with Gasteiger partial charge in [-0.05, 0) is 103 Å². The number of ketones is 1. The normalized spacial score (nSPS) is 60.9. The SMILES string of the molecule is C[C@H]1C(=O)CC[C@@H]2[C@]1(C)CC[C@H]1[C@@]2(C)CC[C@@]2(C)[C@@H]3C[C@@](C)(CO)[C@H](O)C[C@]3(C)CC[C@]12C. The standard InChI is InChI=1S/C30H50O3/c1-19-20(32)8-9-21-27(19,4)11-10-22-28(21,5)13-15-30(7)23-16-26(3,18-31)24(33)17-25(23,2)12-14-29(22,30)6/h19,21-24,31,33H,8-18H2,1-7H3/t19-,21+,22-,23+,24+,25-,26-,27+,28-,29+,30-/m0/s1. The van der Waals surface area contributed by atoms with Gasteiger partial charge in [-0.15, -0.1) is 0 Å². The minimum Gasteiger partial charge on any atom is -0.396 e. The van der Waals surface area contributed by atoms with Gasteiger partial charge in [-0.25, -0.2) is 0 Å². The molecule has 0 radical (unpaired) electrons. The molecule has 5 aliphatic carbocycles. The number of hydrogen-bond donors (Lipinski definition) is 2. The number of hydrogen-bond acceptors (Lipinski definition) is 3. The molecule has 5 saturated carbocycles. The molecule has 0 amide bonds. The largest absolute Gasteiger partial charge is 0.396 e. The second kappa shape index (κ2) is 7.09. The first-order valence-electron chi connectivity index (χ1n) is 14.0. The van der Waals surface area contributed by atoms with Crippen molar-refractivity contribution in [3.05, 3.63) is 0 Å². The molecule has 3 nitrogen and oxygen atoms in total. The third-order valence-corrected chi connectivity index (χ3v) is 14.1. The van der Waals surface area contributed by atoms with Crippen LogP contribution in [0.2, 0.25) is 0 Å². The highest BCUT2D eigenvalue weighted by atomic mass is 16.3. The van der Waals surface area contributed by atoms with Crippen LogP contribution in [0.15, 0.2) is 0 Å². The Morgan fingerprint density at radius 2 is 1.42 bits per heavy atom. The number of fused-ring (bicyclic) bond motifs is 7. The minimum absolute atomic E-state index is 0.0844. The van der Waals surface area contributed by atoms with E-state index in [2.05, 4.69) is 48.5 Å². The van der Waals surface area contributed by atoms with Crippen molar-refractivity contribution in [2.45, 2.75) is 119 Å². The zero-order chi connectivity index (χ0) is 24.2. The monoisotopic (exact) mass is 458 g/mol. The Morgan fingerprint density at radius 3 is 2.09 bits per heavy atom. The Labute approximate surface area is 202 Å². The molecule has 0 aromatic heterocycles. The highest BCUT2D eigenvalue weighted by molar-refractivity contribution is 5.82. The molecule has 0 unspecified atom stereocenters. The second-order valence-electron chi connectivity index (χ2n) is 15.2. The van der Waals surface area contributed by atoms with Gasteiger partial charge >= 0.3 is 0 Å². The number of rotatable bonds is 1. The van der Waals surface area contributed by atoms with Crippen LogP contribution in [0.5, 0.6) is 0 Å². The first kappa shape index (κ1) is 24.3. The number of carbonyl (C=O) groups is 1. The van der Waals surface area contributed by atoms with Crippen molar-refractivity contribution in [2.24, 2.45) is 56.2 Å². The maximum absolute atomic E-state index is 12.7. The highest BCUT2D eigenvalue weighted by Gasteiger charge is 2.71. The van der Waals surface area contributed by atoms with Crippen LogP contribution in [-0.4, -0.2) is 28.7 Å². The van der Waals surface area contributed by atoms with Crippen molar-refractivity contribution in [1.82, 2.24) is 0 Å². The van der Waals surface area contributed by atoms with Gasteiger partial charge in [0.2, 0.25) is 0 Å². The molecule has 0 bridgehead atoms. The number of aliphatic hydroxyl groups excluding tert-OH is 2. The van der Waals surface area contributed by atoms with Gasteiger partial charge < -0.3 is 10.2 Å². The molecule has 33 heavy (non-hydrogen) atoms. The van der Waals surface area contributed by atoms with Gasteiger partial charge in [-0.1, -0.05) is 48.5 Å². The topological polar surface area (TPSA) is 57.5 Å². The Kier molecular flexibility index (Phi) is 5.22. The van der Waals surface area contributed by atoms with Crippen LogP contribution in [0.1, 0.15) is 113 Å². The molecule has 0 aromatic rings. The Balaban J connectivity index is 1.54. The third kappa shape index (κ3) is 2.85. The molecule has 2 N–H and O–H groups in total. The van der Waals surface area contributed by atoms with Crippen LogP contribution in [0.4, 0.5) is 0 Å². The van der Waals surface area contributed by atoms with E-state index >= 15 is 0 Å². The molecule has 5 aliphatic rings. The molecule has 5 fully saturated rings. The summed E-state index contributed by atoms with van der Waals surface area (Å²) in [6.07, 6.45) is 10.7. The fourth-order valence-electron chi connectivity index (χ4n) is 11.3. The molecule has 0 saturated heterocycles. The van der Waals surface area contributed by atoms with Gasteiger partial charge in [-0.2, -0.15) is 0 Å². The summed E-state index contributed by atoms with van der Waals surface area (Å²) in [6.45, 7) is 17.2. The van der Waals surface area contributed by atoms with Crippen molar-refractivity contribution in [2.75, 3.05) is 6.61 Å². The van der Waals surface area contributed by atoms with E-state index in [-0.39, 0.29) is 39.6 Å².